The Kier molecular flexibility index (Phi) is 24.1. The van der Waals surface area contributed by atoms with Crippen LogP contribution >= 0.6 is 0 Å². The number of aliphatic hydroxyl groups is 2. The van der Waals surface area contributed by atoms with Crippen molar-refractivity contribution < 1.29 is 66.7 Å². The van der Waals surface area contributed by atoms with E-state index in [-0.39, 0.29) is 68.5 Å². The zero-order valence-electron chi connectivity index (χ0n) is 13.3. The van der Waals surface area contributed by atoms with Crippen molar-refractivity contribution >= 4 is 17.1 Å². The zero-order valence-corrected chi connectivity index (χ0v) is 18.5. The van der Waals surface area contributed by atoms with Crippen LogP contribution in [0.25, 0.3) is 0 Å². The first-order valence-corrected chi connectivity index (χ1v) is 5.15. The van der Waals surface area contributed by atoms with Gasteiger partial charge in [0.2, 0.25) is 0 Å². The average Bonchev–Trinajstić information content (AvgIpc) is 1.41. The second-order valence-electron chi connectivity index (χ2n) is 6.45. The van der Waals surface area contributed by atoms with Gasteiger partial charge < -0.3 is 15.3 Å². The van der Waals surface area contributed by atoms with Crippen molar-refractivity contribution in [2.24, 2.45) is 0 Å². The van der Waals surface area contributed by atoms with Gasteiger partial charge in [-0.05, 0) is 41.5 Å². The molecule has 104 valence electrons. The number of hydrogen-bond acceptors (Lipinski definition) is 3. The maximum atomic E-state index is 10.1. The molecule has 5 heteroatoms. The molecule has 0 aromatic carbocycles. The van der Waals surface area contributed by atoms with Crippen LogP contribution in [0.15, 0.2) is 0 Å². The van der Waals surface area contributed by atoms with Crippen LogP contribution in [0, 0.1) is 0 Å². The van der Waals surface area contributed by atoms with Crippen molar-refractivity contribution in [1.82, 2.24) is 0 Å². The molecular formula is C12H31KO3Se. The Bertz CT molecular complexity index is 96.8. The van der Waals surface area contributed by atoms with Gasteiger partial charge in [0, 0.05) is 0 Å². The fraction of sp³-hybridized carbons (Fsp3) is 1.00. The van der Waals surface area contributed by atoms with Crippen molar-refractivity contribution in [3.05, 3.63) is 0 Å². The molecular weight excluding hydrogens is 310 g/mol. The Morgan fingerprint density at radius 1 is 0.647 bits per heavy atom. The molecule has 0 aliphatic rings. The van der Waals surface area contributed by atoms with Gasteiger partial charge in [0.1, 0.15) is 0 Å². The fourth-order valence-corrected chi connectivity index (χ4v) is 0. The van der Waals surface area contributed by atoms with E-state index in [4.69, 9.17) is 10.2 Å². The summed E-state index contributed by atoms with van der Waals surface area (Å²) < 4.78 is 0. The van der Waals surface area contributed by atoms with Crippen molar-refractivity contribution in [1.29, 1.82) is 0 Å². The first-order chi connectivity index (χ1) is 6.00. The molecule has 3 nitrogen and oxygen atoms in total. The molecule has 0 rings (SSSR count). The van der Waals surface area contributed by atoms with E-state index < -0.39 is 16.8 Å². The van der Waals surface area contributed by atoms with E-state index in [0.29, 0.717) is 0 Å². The van der Waals surface area contributed by atoms with Crippen molar-refractivity contribution in [2.75, 3.05) is 0 Å². The molecule has 0 aromatic heterocycles. The third-order valence-corrected chi connectivity index (χ3v) is 0. The van der Waals surface area contributed by atoms with Gasteiger partial charge in [0.05, 0.1) is 11.2 Å². The summed E-state index contributed by atoms with van der Waals surface area (Å²) in [6.07, 6.45) is 0. The molecule has 0 bridgehead atoms. The van der Waals surface area contributed by atoms with Crippen LogP contribution in [-0.2, 0) is 0 Å². The van der Waals surface area contributed by atoms with E-state index in [1.807, 2.05) is 0 Å². The molecule has 0 fully saturated rings. The minimum atomic E-state index is -0.750. The summed E-state index contributed by atoms with van der Waals surface area (Å²) in [7, 11) is 0. The van der Waals surface area contributed by atoms with Crippen LogP contribution in [0.3, 0.4) is 0 Å². The second kappa shape index (κ2) is 13.0. The summed E-state index contributed by atoms with van der Waals surface area (Å²) in [5.74, 6) is 0. The van der Waals surface area contributed by atoms with Gasteiger partial charge in [-0.2, -0.15) is 0 Å². The van der Waals surface area contributed by atoms with Gasteiger partial charge in [0.25, 0.3) is 0 Å². The van der Waals surface area contributed by atoms with Crippen LogP contribution in [0.5, 0.6) is 0 Å². The van der Waals surface area contributed by atoms with Crippen LogP contribution in [0.4, 0.5) is 0 Å². The van der Waals surface area contributed by atoms with Gasteiger partial charge >= 0.3 is 68.5 Å². The van der Waals surface area contributed by atoms with Gasteiger partial charge in [-0.1, -0.05) is 20.8 Å². The molecule has 2 N–H and O–H groups in total. The van der Waals surface area contributed by atoms with Crippen molar-refractivity contribution in [3.63, 3.8) is 0 Å². The topological polar surface area (TPSA) is 63.5 Å². The standard InChI is InChI=1S/2C4H10O.C4H9O.K.H2Se/c3*1-4(2,3)5;;/h2*5H,1-3H3;1-3H3;;1H2/q;;-1;+1;. The van der Waals surface area contributed by atoms with Gasteiger partial charge in [-0.3, -0.25) is 0 Å². The number of rotatable bonds is 0. The van der Waals surface area contributed by atoms with E-state index in [2.05, 4.69) is 0 Å². The van der Waals surface area contributed by atoms with Crippen LogP contribution in [-0.4, -0.2) is 44.1 Å². The normalized spacial score (nSPS) is 10.6. The Balaban J connectivity index is -0.0000000400. The second-order valence-corrected chi connectivity index (χ2v) is 6.45. The first-order valence-electron chi connectivity index (χ1n) is 5.15. The molecule has 0 aliphatic heterocycles. The average molecular weight is 341 g/mol. The Morgan fingerprint density at radius 2 is 0.647 bits per heavy atom. The molecule has 0 saturated heterocycles. The Morgan fingerprint density at radius 3 is 0.647 bits per heavy atom. The van der Waals surface area contributed by atoms with Gasteiger partial charge in [0.15, 0.2) is 0 Å². The SMILES string of the molecule is CC(C)(C)O.CC(C)(C)O.CC(C)(C)[O-].[K+].[SeH2]. The predicted octanol–water partition coefficient (Wildman–Crippen LogP) is -2.21. The quantitative estimate of drug-likeness (QED) is 0.491. The molecule has 0 radical (unpaired) electrons. The molecule has 0 aliphatic carbocycles. The third-order valence-electron chi connectivity index (χ3n) is 0. The van der Waals surface area contributed by atoms with Crippen LogP contribution in [0.2, 0.25) is 0 Å². The molecule has 0 spiro atoms. The van der Waals surface area contributed by atoms with Crippen LogP contribution in [0.1, 0.15) is 62.3 Å². The molecule has 0 amide bonds. The molecule has 0 aromatic rings. The van der Waals surface area contributed by atoms with Crippen LogP contribution < -0.4 is 56.5 Å². The predicted molar refractivity (Wildman–Crippen MR) is 72.2 cm³/mol. The maximum absolute atomic E-state index is 10.1. The molecule has 17 heavy (non-hydrogen) atoms. The molecule has 0 atom stereocenters. The Hall–Kier alpha value is 2.04. The van der Waals surface area contributed by atoms with Gasteiger partial charge in [-0.25, -0.2) is 0 Å². The monoisotopic (exact) mass is 342 g/mol. The third kappa shape index (κ3) is 1120. The van der Waals surface area contributed by atoms with E-state index in [1.54, 1.807) is 62.3 Å². The zero-order chi connectivity index (χ0) is 13.5. The van der Waals surface area contributed by atoms with E-state index in [9.17, 15) is 5.11 Å². The molecule has 0 heterocycles. The van der Waals surface area contributed by atoms with E-state index in [0.717, 1.165) is 0 Å². The van der Waals surface area contributed by atoms with E-state index in [1.165, 1.54) is 0 Å². The summed E-state index contributed by atoms with van der Waals surface area (Å²) in [6, 6.07) is 0. The van der Waals surface area contributed by atoms with E-state index >= 15 is 0 Å². The number of hydrogen-bond donors (Lipinski definition) is 2. The van der Waals surface area contributed by atoms with Crippen molar-refractivity contribution in [3.8, 4) is 0 Å². The first kappa shape index (κ1) is 31.4. The summed E-state index contributed by atoms with van der Waals surface area (Å²) in [5.41, 5.74) is -1.75. The molecule has 0 unspecified atom stereocenters. The minimum absolute atomic E-state index is 0. The Labute approximate surface area is 161 Å². The van der Waals surface area contributed by atoms with Gasteiger partial charge in [-0.15, -0.1) is 5.60 Å². The summed E-state index contributed by atoms with van der Waals surface area (Å²) in [4.78, 5) is 0. The molecule has 0 saturated carbocycles. The van der Waals surface area contributed by atoms with Crippen molar-refractivity contribution in [2.45, 2.75) is 79.1 Å². The fourth-order valence-electron chi connectivity index (χ4n) is 0. The summed E-state index contributed by atoms with van der Waals surface area (Å²) in [5, 5.41) is 27.1. The summed E-state index contributed by atoms with van der Waals surface area (Å²) >= 11 is 0. The summed E-state index contributed by atoms with van der Waals surface area (Å²) in [6.45, 7) is 15.4.